The zero-order chi connectivity index (χ0) is 9.42. The Kier molecular flexibility index (Phi) is 1.81. The lowest BCUT2D eigenvalue weighted by atomic mass is 10.1. The fraction of sp³-hybridized carbons (Fsp3) is 0.300. The van der Waals surface area contributed by atoms with Crippen LogP contribution in [0.2, 0.25) is 0 Å². The first kappa shape index (κ1) is 8.26. The number of likely N-dealkylation sites (N-methyl/N-ethyl adjacent to an activating group) is 1. The highest BCUT2D eigenvalue weighted by Crippen LogP contribution is 2.34. The quantitative estimate of drug-likeness (QED) is 0.697. The van der Waals surface area contributed by atoms with Crippen LogP contribution in [0.25, 0.3) is 0 Å². The van der Waals surface area contributed by atoms with Crippen LogP contribution in [0.5, 0.6) is 0 Å². The molecule has 0 spiro atoms. The maximum Gasteiger partial charge on any atom is 0.260 e. The van der Waals surface area contributed by atoms with Crippen LogP contribution in [-0.4, -0.2) is 17.6 Å². The molecule has 0 fully saturated rings. The standard InChI is InChI=1S/C10H11NO2/c1-2-11-8-6-4-3-5-7(8)9(12)10(11)13/h3-6,9,12H,2H2,1H3. The van der Waals surface area contributed by atoms with Gasteiger partial charge in [-0.25, -0.2) is 0 Å². The van der Waals surface area contributed by atoms with E-state index in [0.717, 1.165) is 5.69 Å². The summed E-state index contributed by atoms with van der Waals surface area (Å²) < 4.78 is 0. The summed E-state index contributed by atoms with van der Waals surface area (Å²) in [5, 5.41) is 9.56. The average molecular weight is 177 g/mol. The highest BCUT2D eigenvalue weighted by Gasteiger charge is 2.34. The molecule has 0 aliphatic carbocycles. The molecule has 3 nitrogen and oxygen atoms in total. The van der Waals surface area contributed by atoms with Crippen molar-refractivity contribution in [3.8, 4) is 0 Å². The third kappa shape index (κ3) is 1.04. The molecule has 2 rings (SSSR count). The molecule has 1 aromatic rings. The third-order valence-corrected chi connectivity index (χ3v) is 2.34. The number of nitrogens with zero attached hydrogens (tertiary/aromatic N) is 1. The summed E-state index contributed by atoms with van der Waals surface area (Å²) in [5.41, 5.74) is 1.55. The van der Waals surface area contributed by atoms with Crippen molar-refractivity contribution in [2.24, 2.45) is 0 Å². The van der Waals surface area contributed by atoms with Crippen LogP contribution in [0.4, 0.5) is 5.69 Å². The molecule has 68 valence electrons. The van der Waals surface area contributed by atoms with Gasteiger partial charge in [-0.3, -0.25) is 4.79 Å². The zero-order valence-corrected chi connectivity index (χ0v) is 7.40. The largest absolute Gasteiger partial charge is 0.378 e. The molecule has 13 heavy (non-hydrogen) atoms. The van der Waals surface area contributed by atoms with E-state index in [1.54, 1.807) is 11.0 Å². The van der Waals surface area contributed by atoms with Crippen LogP contribution in [0.3, 0.4) is 0 Å². The van der Waals surface area contributed by atoms with Gasteiger partial charge in [0, 0.05) is 12.1 Å². The Bertz CT molecular complexity index is 349. The highest BCUT2D eigenvalue weighted by molar-refractivity contribution is 6.03. The van der Waals surface area contributed by atoms with Crippen LogP contribution in [0, 0.1) is 0 Å². The van der Waals surface area contributed by atoms with Crippen LogP contribution < -0.4 is 4.90 Å². The lowest BCUT2D eigenvalue weighted by molar-refractivity contribution is -0.125. The smallest absolute Gasteiger partial charge is 0.260 e. The van der Waals surface area contributed by atoms with E-state index in [1.807, 2.05) is 25.1 Å². The van der Waals surface area contributed by atoms with E-state index >= 15 is 0 Å². The Morgan fingerprint density at radius 1 is 1.46 bits per heavy atom. The number of benzene rings is 1. The molecule has 1 aromatic carbocycles. The number of amides is 1. The second-order valence-electron chi connectivity index (χ2n) is 3.04. The van der Waals surface area contributed by atoms with Crippen molar-refractivity contribution in [2.75, 3.05) is 11.4 Å². The Balaban J connectivity index is 2.53. The molecule has 1 atom stereocenters. The predicted octanol–water partition coefficient (Wildman–Crippen LogP) is 1.09. The first-order valence-corrected chi connectivity index (χ1v) is 4.34. The molecule has 0 radical (unpaired) electrons. The Morgan fingerprint density at radius 2 is 2.15 bits per heavy atom. The highest BCUT2D eigenvalue weighted by atomic mass is 16.3. The van der Waals surface area contributed by atoms with E-state index in [2.05, 4.69) is 0 Å². The first-order chi connectivity index (χ1) is 6.25. The van der Waals surface area contributed by atoms with E-state index in [-0.39, 0.29) is 5.91 Å². The van der Waals surface area contributed by atoms with Gasteiger partial charge in [0.05, 0.1) is 5.69 Å². The summed E-state index contributed by atoms with van der Waals surface area (Å²) >= 11 is 0. The van der Waals surface area contributed by atoms with Crippen LogP contribution in [0.15, 0.2) is 24.3 Å². The van der Waals surface area contributed by atoms with Crippen molar-refractivity contribution in [3.05, 3.63) is 29.8 Å². The maximum absolute atomic E-state index is 11.5. The van der Waals surface area contributed by atoms with Gasteiger partial charge in [-0.15, -0.1) is 0 Å². The zero-order valence-electron chi connectivity index (χ0n) is 7.40. The van der Waals surface area contributed by atoms with Gasteiger partial charge in [-0.05, 0) is 13.0 Å². The van der Waals surface area contributed by atoms with Gasteiger partial charge in [0.2, 0.25) is 0 Å². The van der Waals surface area contributed by atoms with Gasteiger partial charge < -0.3 is 10.0 Å². The first-order valence-electron chi connectivity index (χ1n) is 4.34. The molecule has 1 N–H and O–H groups in total. The summed E-state index contributed by atoms with van der Waals surface area (Å²) in [5.74, 6) is -0.219. The van der Waals surface area contributed by atoms with Gasteiger partial charge in [0.15, 0.2) is 6.10 Å². The number of carbonyl (C=O) groups excluding carboxylic acids is 1. The van der Waals surface area contributed by atoms with Crippen LogP contribution in [-0.2, 0) is 4.79 Å². The lowest BCUT2D eigenvalue weighted by Crippen LogP contribution is -2.28. The van der Waals surface area contributed by atoms with Crippen molar-refractivity contribution in [2.45, 2.75) is 13.0 Å². The number of aliphatic hydroxyl groups excluding tert-OH is 1. The van der Waals surface area contributed by atoms with Gasteiger partial charge in [0.25, 0.3) is 5.91 Å². The van der Waals surface area contributed by atoms with Crippen LogP contribution in [0.1, 0.15) is 18.6 Å². The number of fused-ring (bicyclic) bond motifs is 1. The van der Waals surface area contributed by atoms with Crippen molar-refractivity contribution in [1.82, 2.24) is 0 Å². The summed E-state index contributed by atoms with van der Waals surface area (Å²) in [6.07, 6.45) is -0.962. The van der Waals surface area contributed by atoms with Crippen molar-refractivity contribution in [1.29, 1.82) is 0 Å². The van der Waals surface area contributed by atoms with Gasteiger partial charge in [-0.2, -0.15) is 0 Å². The Hall–Kier alpha value is -1.35. The molecule has 1 unspecified atom stereocenters. The maximum atomic E-state index is 11.5. The number of hydrogen-bond donors (Lipinski definition) is 1. The second kappa shape index (κ2) is 2.85. The van der Waals surface area contributed by atoms with Gasteiger partial charge >= 0.3 is 0 Å². The average Bonchev–Trinajstić information content (AvgIpc) is 2.41. The number of para-hydroxylation sites is 1. The van der Waals surface area contributed by atoms with E-state index in [4.69, 9.17) is 0 Å². The van der Waals surface area contributed by atoms with E-state index < -0.39 is 6.10 Å². The molecule has 1 heterocycles. The molecule has 1 amide bonds. The molecule has 0 bridgehead atoms. The fourth-order valence-electron chi connectivity index (χ4n) is 1.69. The van der Waals surface area contributed by atoms with Crippen molar-refractivity contribution < 1.29 is 9.90 Å². The number of rotatable bonds is 1. The summed E-state index contributed by atoms with van der Waals surface area (Å²) in [7, 11) is 0. The van der Waals surface area contributed by atoms with E-state index in [1.165, 1.54) is 0 Å². The number of anilines is 1. The Labute approximate surface area is 76.6 Å². The summed E-state index contributed by atoms with van der Waals surface area (Å²) in [4.78, 5) is 13.1. The molecule has 1 aliphatic rings. The molecular weight excluding hydrogens is 166 g/mol. The monoisotopic (exact) mass is 177 g/mol. The molecule has 0 saturated heterocycles. The second-order valence-corrected chi connectivity index (χ2v) is 3.04. The molecule has 3 heteroatoms. The molecule has 1 aliphatic heterocycles. The minimum Gasteiger partial charge on any atom is -0.378 e. The molecule has 0 saturated carbocycles. The number of carbonyl (C=O) groups is 1. The third-order valence-electron chi connectivity index (χ3n) is 2.34. The summed E-state index contributed by atoms with van der Waals surface area (Å²) in [6.45, 7) is 2.50. The molecular formula is C10H11NO2. The minimum atomic E-state index is -0.962. The lowest BCUT2D eigenvalue weighted by Gasteiger charge is -2.13. The fourth-order valence-corrected chi connectivity index (χ4v) is 1.69. The molecule has 0 aromatic heterocycles. The SMILES string of the molecule is CCN1C(=O)C(O)c2ccccc21. The predicted molar refractivity (Wildman–Crippen MR) is 49.4 cm³/mol. The summed E-state index contributed by atoms with van der Waals surface area (Å²) in [6, 6.07) is 7.34. The van der Waals surface area contributed by atoms with Crippen molar-refractivity contribution in [3.63, 3.8) is 0 Å². The van der Waals surface area contributed by atoms with Crippen LogP contribution >= 0.6 is 0 Å². The topological polar surface area (TPSA) is 40.5 Å². The number of hydrogen-bond acceptors (Lipinski definition) is 2. The van der Waals surface area contributed by atoms with E-state index in [9.17, 15) is 9.90 Å². The van der Waals surface area contributed by atoms with Crippen molar-refractivity contribution >= 4 is 11.6 Å². The van der Waals surface area contributed by atoms with E-state index in [0.29, 0.717) is 12.1 Å². The minimum absolute atomic E-state index is 0.219. The number of aliphatic hydroxyl groups is 1. The normalized spacial score (nSPS) is 20.6. The van der Waals surface area contributed by atoms with Gasteiger partial charge in [0.1, 0.15) is 0 Å². The Morgan fingerprint density at radius 3 is 2.85 bits per heavy atom. The van der Waals surface area contributed by atoms with Gasteiger partial charge in [-0.1, -0.05) is 18.2 Å².